The minimum Gasteiger partial charge on any atom is -0.330 e. The van der Waals surface area contributed by atoms with Crippen molar-refractivity contribution in [2.24, 2.45) is 5.73 Å². The Balaban J connectivity index is 2.93. The summed E-state index contributed by atoms with van der Waals surface area (Å²) in [5.74, 6) is 0.111. The summed E-state index contributed by atoms with van der Waals surface area (Å²) >= 11 is 3.23. The van der Waals surface area contributed by atoms with Gasteiger partial charge in [-0.15, -0.1) is 0 Å². The van der Waals surface area contributed by atoms with Crippen molar-refractivity contribution in [2.75, 3.05) is 12.3 Å². The van der Waals surface area contributed by atoms with Gasteiger partial charge in [0, 0.05) is 4.47 Å². The Morgan fingerprint density at radius 1 is 1.36 bits per heavy atom. The number of nitrogens with two attached hydrogens (primary N) is 1. The average Bonchev–Trinajstić information content (AvgIpc) is 2.15. The number of rotatable bonds is 4. The van der Waals surface area contributed by atoms with Crippen molar-refractivity contribution in [3.05, 3.63) is 28.7 Å². The standard InChI is InChI=1S/C9H12BrNO2S/c10-8-3-1-4-9(7-8)14(12,13)6-2-5-11/h1,3-4,7H,2,5-6,11H2. The van der Waals surface area contributed by atoms with Crippen LogP contribution in [0.4, 0.5) is 0 Å². The molecule has 3 nitrogen and oxygen atoms in total. The van der Waals surface area contributed by atoms with E-state index in [0.29, 0.717) is 17.9 Å². The van der Waals surface area contributed by atoms with Crippen LogP contribution < -0.4 is 5.73 Å². The molecule has 0 heterocycles. The lowest BCUT2D eigenvalue weighted by Gasteiger charge is -2.03. The molecule has 0 unspecified atom stereocenters. The third kappa shape index (κ3) is 3.08. The monoisotopic (exact) mass is 277 g/mol. The predicted octanol–water partition coefficient (Wildman–Crippen LogP) is 1.57. The summed E-state index contributed by atoms with van der Waals surface area (Å²) in [5, 5.41) is 0. The third-order valence-electron chi connectivity index (χ3n) is 1.77. The first-order chi connectivity index (χ1) is 6.56. The second-order valence-electron chi connectivity index (χ2n) is 2.92. The van der Waals surface area contributed by atoms with Crippen LogP contribution in [0, 0.1) is 0 Å². The van der Waals surface area contributed by atoms with Crippen LogP contribution in [0.25, 0.3) is 0 Å². The highest BCUT2D eigenvalue weighted by Gasteiger charge is 2.13. The molecule has 2 N–H and O–H groups in total. The van der Waals surface area contributed by atoms with Crippen LogP contribution in [-0.2, 0) is 9.84 Å². The fourth-order valence-corrected chi connectivity index (χ4v) is 2.98. The maximum atomic E-state index is 11.7. The van der Waals surface area contributed by atoms with Crippen LogP contribution >= 0.6 is 15.9 Å². The summed E-state index contributed by atoms with van der Waals surface area (Å²) in [4.78, 5) is 0.348. The maximum absolute atomic E-state index is 11.7. The molecule has 14 heavy (non-hydrogen) atoms. The van der Waals surface area contributed by atoms with Gasteiger partial charge in [0.25, 0.3) is 0 Å². The molecule has 0 radical (unpaired) electrons. The van der Waals surface area contributed by atoms with Crippen molar-refractivity contribution in [2.45, 2.75) is 11.3 Å². The van der Waals surface area contributed by atoms with Crippen molar-refractivity contribution in [1.82, 2.24) is 0 Å². The minimum absolute atomic E-state index is 0.111. The number of halogens is 1. The number of hydrogen-bond acceptors (Lipinski definition) is 3. The van der Waals surface area contributed by atoms with Gasteiger partial charge < -0.3 is 5.73 Å². The van der Waals surface area contributed by atoms with E-state index in [1.165, 1.54) is 0 Å². The first-order valence-corrected chi connectivity index (χ1v) is 6.69. The fraction of sp³-hybridized carbons (Fsp3) is 0.333. The van der Waals surface area contributed by atoms with Gasteiger partial charge in [0.2, 0.25) is 0 Å². The van der Waals surface area contributed by atoms with E-state index in [1.54, 1.807) is 24.3 Å². The molecule has 5 heteroatoms. The second kappa shape index (κ2) is 4.91. The topological polar surface area (TPSA) is 60.2 Å². The van der Waals surface area contributed by atoms with Gasteiger partial charge in [-0.05, 0) is 31.2 Å². The van der Waals surface area contributed by atoms with Gasteiger partial charge in [-0.3, -0.25) is 0 Å². The molecular weight excluding hydrogens is 266 g/mol. The van der Waals surface area contributed by atoms with Gasteiger partial charge in [-0.25, -0.2) is 8.42 Å². The van der Waals surface area contributed by atoms with Crippen molar-refractivity contribution in [1.29, 1.82) is 0 Å². The van der Waals surface area contributed by atoms with Crippen molar-refractivity contribution in [3.8, 4) is 0 Å². The first-order valence-electron chi connectivity index (χ1n) is 4.24. The molecule has 0 aliphatic carbocycles. The maximum Gasteiger partial charge on any atom is 0.178 e. The highest BCUT2D eigenvalue weighted by Crippen LogP contribution is 2.17. The first kappa shape index (κ1) is 11.7. The smallest absolute Gasteiger partial charge is 0.178 e. The van der Waals surface area contributed by atoms with Crippen LogP contribution in [0.3, 0.4) is 0 Å². The van der Waals surface area contributed by atoms with Crippen molar-refractivity contribution in [3.63, 3.8) is 0 Å². The molecule has 0 spiro atoms. The molecule has 0 atom stereocenters. The number of benzene rings is 1. The largest absolute Gasteiger partial charge is 0.330 e. The van der Waals surface area contributed by atoms with Gasteiger partial charge in [0.15, 0.2) is 9.84 Å². The van der Waals surface area contributed by atoms with Crippen molar-refractivity contribution < 1.29 is 8.42 Å². The third-order valence-corrected chi connectivity index (χ3v) is 4.06. The Morgan fingerprint density at radius 3 is 2.64 bits per heavy atom. The molecular formula is C9H12BrNO2S. The molecule has 0 saturated heterocycles. The minimum atomic E-state index is -3.15. The Hall–Kier alpha value is -0.390. The molecule has 1 aromatic carbocycles. The summed E-state index contributed by atoms with van der Waals surface area (Å²) in [7, 11) is -3.15. The molecule has 0 amide bonds. The molecule has 0 aromatic heterocycles. The number of hydrogen-bond donors (Lipinski definition) is 1. The van der Waals surface area contributed by atoms with Crippen LogP contribution in [0.1, 0.15) is 6.42 Å². The molecule has 0 bridgehead atoms. The van der Waals surface area contributed by atoms with Crippen LogP contribution in [0.5, 0.6) is 0 Å². The summed E-state index contributed by atoms with van der Waals surface area (Å²) in [6, 6.07) is 6.70. The highest BCUT2D eigenvalue weighted by atomic mass is 79.9. The molecule has 1 aromatic rings. The molecule has 0 fully saturated rings. The lowest BCUT2D eigenvalue weighted by Crippen LogP contribution is -2.11. The van der Waals surface area contributed by atoms with E-state index in [4.69, 9.17) is 5.73 Å². The van der Waals surface area contributed by atoms with E-state index < -0.39 is 9.84 Å². The fourth-order valence-electron chi connectivity index (χ4n) is 1.05. The zero-order chi connectivity index (χ0) is 10.6. The number of sulfone groups is 1. The zero-order valence-electron chi connectivity index (χ0n) is 7.61. The van der Waals surface area contributed by atoms with E-state index in [-0.39, 0.29) is 5.75 Å². The summed E-state index contributed by atoms with van der Waals surface area (Å²) in [5.41, 5.74) is 5.27. The predicted molar refractivity (Wildman–Crippen MR) is 59.9 cm³/mol. The van der Waals surface area contributed by atoms with Gasteiger partial charge in [-0.1, -0.05) is 22.0 Å². The molecule has 1 rings (SSSR count). The van der Waals surface area contributed by atoms with Crippen LogP contribution in [0.15, 0.2) is 33.6 Å². The van der Waals surface area contributed by atoms with E-state index in [0.717, 1.165) is 4.47 Å². The van der Waals surface area contributed by atoms with Gasteiger partial charge in [0.05, 0.1) is 10.6 Å². The van der Waals surface area contributed by atoms with Gasteiger partial charge in [-0.2, -0.15) is 0 Å². The second-order valence-corrected chi connectivity index (χ2v) is 5.94. The normalized spacial score (nSPS) is 11.6. The summed E-state index contributed by atoms with van der Waals surface area (Å²) in [6.45, 7) is 0.396. The highest BCUT2D eigenvalue weighted by molar-refractivity contribution is 9.10. The van der Waals surface area contributed by atoms with E-state index in [1.807, 2.05) is 0 Å². The van der Waals surface area contributed by atoms with Crippen molar-refractivity contribution >= 4 is 25.8 Å². The SMILES string of the molecule is NCCCS(=O)(=O)c1cccc(Br)c1. The zero-order valence-corrected chi connectivity index (χ0v) is 10.0. The summed E-state index contributed by atoms with van der Waals surface area (Å²) in [6.07, 6.45) is 0.495. The summed E-state index contributed by atoms with van der Waals surface area (Å²) < 4.78 is 24.1. The lowest BCUT2D eigenvalue weighted by molar-refractivity contribution is 0.593. The molecule has 0 aliphatic heterocycles. The van der Waals surface area contributed by atoms with E-state index in [2.05, 4.69) is 15.9 Å². The average molecular weight is 278 g/mol. The molecule has 0 aliphatic rings. The van der Waals surface area contributed by atoms with E-state index in [9.17, 15) is 8.42 Å². The van der Waals surface area contributed by atoms with Gasteiger partial charge in [0.1, 0.15) is 0 Å². The Kier molecular flexibility index (Phi) is 4.10. The van der Waals surface area contributed by atoms with E-state index >= 15 is 0 Å². The lowest BCUT2D eigenvalue weighted by atomic mass is 10.4. The quantitative estimate of drug-likeness (QED) is 0.909. The Labute approximate surface area is 92.4 Å². The van der Waals surface area contributed by atoms with Crippen LogP contribution in [0.2, 0.25) is 0 Å². The Morgan fingerprint density at radius 2 is 2.07 bits per heavy atom. The van der Waals surface area contributed by atoms with Gasteiger partial charge >= 0.3 is 0 Å². The van der Waals surface area contributed by atoms with Crippen LogP contribution in [-0.4, -0.2) is 20.7 Å². The Bertz CT molecular complexity index is 403. The molecule has 0 saturated carbocycles. The molecule has 78 valence electrons.